The van der Waals surface area contributed by atoms with Crippen LogP contribution in [0.4, 0.5) is 5.69 Å². The summed E-state index contributed by atoms with van der Waals surface area (Å²) in [6, 6.07) is 14.1. The van der Waals surface area contributed by atoms with Crippen LogP contribution in [0, 0.1) is 6.92 Å². The quantitative estimate of drug-likeness (QED) is 0.655. The summed E-state index contributed by atoms with van der Waals surface area (Å²) in [5.41, 5.74) is 3.02. The van der Waals surface area contributed by atoms with Crippen LogP contribution in [0.25, 0.3) is 0 Å². The Morgan fingerprint density at radius 3 is 2.38 bits per heavy atom. The Labute approximate surface area is 140 Å². The lowest BCUT2D eigenvalue weighted by Gasteiger charge is -2.07. The summed E-state index contributed by atoms with van der Waals surface area (Å²) in [5.74, 6) is -0.927. The smallest absolute Gasteiger partial charge is 0.310 e. The molecule has 2 rings (SSSR count). The number of benzene rings is 2. The Morgan fingerprint density at radius 1 is 1.04 bits per heavy atom. The van der Waals surface area contributed by atoms with Gasteiger partial charge >= 0.3 is 5.97 Å². The molecule has 0 unspecified atom stereocenters. The van der Waals surface area contributed by atoms with Crippen LogP contribution < -0.4 is 5.32 Å². The lowest BCUT2D eigenvalue weighted by molar-refractivity contribution is -0.146. The third-order valence-electron chi connectivity index (χ3n) is 3.37. The van der Waals surface area contributed by atoms with Crippen LogP contribution in [0.3, 0.4) is 0 Å². The van der Waals surface area contributed by atoms with Gasteiger partial charge in [0, 0.05) is 11.3 Å². The number of ketones is 1. The molecule has 5 heteroatoms. The zero-order valence-electron chi connectivity index (χ0n) is 13.7. The summed E-state index contributed by atoms with van der Waals surface area (Å²) in [7, 11) is 0. The summed E-state index contributed by atoms with van der Waals surface area (Å²) >= 11 is 0. The lowest BCUT2D eigenvalue weighted by Crippen LogP contribution is -2.21. The van der Waals surface area contributed by atoms with Gasteiger partial charge in [0.1, 0.15) is 0 Å². The molecule has 0 radical (unpaired) electrons. The molecule has 0 heterocycles. The number of aryl methyl sites for hydroxylation is 1. The Hall–Kier alpha value is -2.95. The first-order valence-electron chi connectivity index (χ1n) is 7.56. The van der Waals surface area contributed by atoms with E-state index in [1.165, 1.54) is 6.92 Å². The van der Waals surface area contributed by atoms with Gasteiger partial charge < -0.3 is 10.1 Å². The number of amides is 1. The number of carbonyl (C=O) groups is 3. The maximum atomic E-state index is 11.8. The highest BCUT2D eigenvalue weighted by molar-refractivity contribution is 5.96. The van der Waals surface area contributed by atoms with Crippen LogP contribution in [-0.2, 0) is 20.7 Å². The highest BCUT2D eigenvalue weighted by atomic mass is 16.5. The van der Waals surface area contributed by atoms with Crippen LogP contribution in [0.1, 0.15) is 28.4 Å². The minimum Gasteiger partial charge on any atom is -0.455 e. The number of hydrogen-bond donors (Lipinski definition) is 1. The van der Waals surface area contributed by atoms with E-state index in [4.69, 9.17) is 4.74 Å². The normalized spacial score (nSPS) is 10.1. The summed E-state index contributed by atoms with van der Waals surface area (Å²) in [5, 5.41) is 2.61. The van der Waals surface area contributed by atoms with Crippen molar-refractivity contribution >= 4 is 23.3 Å². The average Bonchev–Trinajstić information content (AvgIpc) is 2.53. The summed E-state index contributed by atoms with van der Waals surface area (Å²) in [4.78, 5) is 34.7. The first kappa shape index (κ1) is 17.4. The van der Waals surface area contributed by atoms with Crippen molar-refractivity contribution in [1.82, 2.24) is 0 Å². The van der Waals surface area contributed by atoms with Gasteiger partial charge in [0.15, 0.2) is 12.4 Å². The van der Waals surface area contributed by atoms with Gasteiger partial charge in [-0.3, -0.25) is 14.4 Å². The largest absolute Gasteiger partial charge is 0.455 e. The molecule has 0 atom stereocenters. The molecule has 0 saturated carbocycles. The molecule has 124 valence electrons. The van der Waals surface area contributed by atoms with Crippen LogP contribution in [0.15, 0.2) is 48.5 Å². The second-order valence-electron chi connectivity index (χ2n) is 5.51. The number of ether oxygens (including phenoxy) is 1. The molecule has 2 aromatic rings. The molecule has 0 aliphatic carbocycles. The first-order valence-corrected chi connectivity index (χ1v) is 7.56. The Kier molecular flexibility index (Phi) is 5.84. The van der Waals surface area contributed by atoms with E-state index < -0.39 is 11.9 Å². The van der Waals surface area contributed by atoms with Crippen molar-refractivity contribution in [3.05, 3.63) is 65.2 Å². The number of rotatable bonds is 6. The second kappa shape index (κ2) is 8.06. The van der Waals surface area contributed by atoms with Crippen molar-refractivity contribution < 1.29 is 19.1 Å². The van der Waals surface area contributed by atoms with E-state index in [0.29, 0.717) is 11.3 Å². The van der Waals surface area contributed by atoms with Crippen molar-refractivity contribution in [1.29, 1.82) is 0 Å². The van der Waals surface area contributed by atoms with Gasteiger partial charge in [0.2, 0.25) is 0 Å². The average molecular weight is 325 g/mol. The van der Waals surface area contributed by atoms with Gasteiger partial charge in [-0.1, -0.05) is 29.8 Å². The molecule has 0 bridgehead atoms. The minimum absolute atomic E-state index is 0.0436. The number of anilines is 1. The summed E-state index contributed by atoms with van der Waals surface area (Å²) < 4.78 is 4.98. The summed E-state index contributed by atoms with van der Waals surface area (Å²) in [6.07, 6.45) is 0.127. The molecule has 0 aliphatic rings. The molecule has 1 amide bonds. The van der Waals surface area contributed by atoms with E-state index in [-0.39, 0.29) is 18.8 Å². The van der Waals surface area contributed by atoms with Gasteiger partial charge in [-0.15, -0.1) is 0 Å². The fourth-order valence-electron chi connectivity index (χ4n) is 2.17. The Balaban J connectivity index is 1.80. The van der Waals surface area contributed by atoms with E-state index in [0.717, 1.165) is 11.1 Å². The SMILES string of the molecule is CC(=O)c1ccc(NC(=O)COC(=O)Cc2cccc(C)c2)cc1. The maximum Gasteiger partial charge on any atom is 0.310 e. The fourth-order valence-corrected chi connectivity index (χ4v) is 2.17. The van der Waals surface area contributed by atoms with Crippen molar-refractivity contribution in [3.8, 4) is 0 Å². The fraction of sp³-hybridized carbons (Fsp3) is 0.211. The van der Waals surface area contributed by atoms with E-state index in [2.05, 4.69) is 5.32 Å². The highest BCUT2D eigenvalue weighted by Gasteiger charge is 2.09. The number of nitrogens with one attached hydrogen (secondary N) is 1. The first-order chi connectivity index (χ1) is 11.4. The molecular weight excluding hydrogens is 306 g/mol. The lowest BCUT2D eigenvalue weighted by atomic mass is 10.1. The van der Waals surface area contributed by atoms with Crippen molar-refractivity contribution in [3.63, 3.8) is 0 Å². The van der Waals surface area contributed by atoms with Crippen molar-refractivity contribution in [2.24, 2.45) is 0 Å². The van der Waals surface area contributed by atoms with Crippen LogP contribution in [0.2, 0.25) is 0 Å². The molecule has 0 saturated heterocycles. The van der Waals surface area contributed by atoms with Crippen LogP contribution in [-0.4, -0.2) is 24.3 Å². The molecule has 5 nitrogen and oxygen atoms in total. The molecule has 0 aliphatic heterocycles. The third kappa shape index (κ3) is 5.35. The number of hydrogen-bond acceptors (Lipinski definition) is 4. The monoisotopic (exact) mass is 325 g/mol. The zero-order chi connectivity index (χ0) is 17.5. The predicted octanol–water partition coefficient (Wildman–Crippen LogP) is 2.92. The Bertz CT molecular complexity index is 750. The second-order valence-corrected chi connectivity index (χ2v) is 5.51. The maximum absolute atomic E-state index is 11.8. The van der Waals surface area contributed by atoms with Crippen LogP contribution in [0.5, 0.6) is 0 Å². The van der Waals surface area contributed by atoms with Gasteiger partial charge in [0.05, 0.1) is 6.42 Å². The highest BCUT2D eigenvalue weighted by Crippen LogP contribution is 2.10. The predicted molar refractivity (Wildman–Crippen MR) is 90.9 cm³/mol. The Morgan fingerprint density at radius 2 is 1.75 bits per heavy atom. The third-order valence-corrected chi connectivity index (χ3v) is 3.37. The van der Waals surface area contributed by atoms with Crippen molar-refractivity contribution in [2.45, 2.75) is 20.3 Å². The zero-order valence-corrected chi connectivity index (χ0v) is 13.7. The van der Waals surface area contributed by atoms with Gasteiger partial charge in [-0.25, -0.2) is 0 Å². The van der Waals surface area contributed by atoms with Gasteiger partial charge in [-0.2, -0.15) is 0 Å². The van der Waals surface area contributed by atoms with Gasteiger partial charge in [-0.05, 0) is 43.7 Å². The van der Waals surface area contributed by atoms with E-state index >= 15 is 0 Å². The summed E-state index contributed by atoms with van der Waals surface area (Å²) in [6.45, 7) is 3.07. The minimum atomic E-state index is -0.456. The number of Topliss-reactive ketones (excluding diaryl/α,β-unsaturated/α-hetero) is 1. The number of esters is 1. The van der Waals surface area contributed by atoms with E-state index in [1.54, 1.807) is 24.3 Å². The topological polar surface area (TPSA) is 72.5 Å². The molecule has 0 spiro atoms. The van der Waals surface area contributed by atoms with E-state index in [1.807, 2.05) is 31.2 Å². The molecule has 2 aromatic carbocycles. The number of carbonyl (C=O) groups excluding carboxylic acids is 3. The van der Waals surface area contributed by atoms with Gasteiger partial charge in [0.25, 0.3) is 5.91 Å². The molecule has 1 N–H and O–H groups in total. The van der Waals surface area contributed by atoms with Crippen LogP contribution >= 0.6 is 0 Å². The van der Waals surface area contributed by atoms with Crippen molar-refractivity contribution in [2.75, 3.05) is 11.9 Å². The molecule has 0 aromatic heterocycles. The van der Waals surface area contributed by atoms with E-state index in [9.17, 15) is 14.4 Å². The molecular formula is C19H19NO4. The molecule has 24 heavy (non-hydrogen) atoms. The standard InChI is InChI=1S/C19H19NO4/c1-13-4-3-5-15(10-13)11-19(23)24-12-18(22)20-17-8-6-16(7-9-17)14(2)21/h3-10H,11-12H2,1-2H3,(H,20,22). The molecule has 0 fully saturated rings.